The maximum Gasteiger partial charge on any atom is 0.243 e. The SMILES string of the molecule is CCNC(=O)[C@H](Cc1ccccc1)N(Cc1ccc(Cl)c(Cl)c1)C(=O)Cc1ccc(C)c(C)c1. The molecule has 1 N–H and O–H groups in total. The van der Waals surface area contributed by atoms with Gasteiger partial charge in [-0.2, -0.15) is 0 Å². The Kier molecular flexibility index (Phi) is 9.14. The number of carbonyl (C=O) groups excluding carboxylic acids is 2. The van der Waals surface area contributed by atoms with Crippen molar-refractivity contribution in [1.29, 1.82) is 0 Å². The Labute approximate surface area is 211 Å². The second-order valence-corrected chi connectivity index (χ2v) is 9.28. The van der Waals surface area contributed by atoms with Crippen LogP contribution in [-0.2, 0) is 29.0 Å². The molecule has 3 aromatic carbocycles. The van der Waals surface area contributed by atoms with Crippen LogP contribution < -0.4 is 5.32 Å². The summed E-state index contributed by atoms with van der Waals surface area (Å²) < 4.78 is 0. The number of rotatable bonds is 9. The van der Waals surface area contributed by atoms with Crippen LogP contribution in [0.3, 0.4) is 0 Å². The third-order valence-electron chi connectivity index (χ3n) is 5.89. The van der Waals surface area contributed by atoms with Gasteiger partial charge in [0.15, 0.2) is 0 Å². The number of halogens is 2. The minimum absolute atomic E-state index is 0.124. The van der Waals surface area contributed by atoms with Crippen LogP contribution in [0.5, 0.6) is 0 Å². The molecule has 0 aromatic heterocycles. The molecule has 0 saturated heterocycles. The molecule has 0 spiro atoms. The van der Waals surface area contributed by atoms with Crippen molar-refractivity contribution in [3.8, 4) is 0 Å². The van der Waals surface area contributed by atoms with Gasteiger partial charge in [-0.3, -0.25) is 9.59 Å². The zero-order valence-corrected chi connectivity index (χ0v) is 21.3. The van der Waals surface area contributed by atoms with Crippen LogP contribution in [0.4, 0.5) is 0 Å². The van der Waals surface area contributed by atoms with E-state index in [4.69, 9.17) is 23.2 Å². The Morgan fingerprint density at radius 2 is 1.56 bits per heavy atom. The summed E-state index contributed by atoms with van der Waals surface area (Å²) >= 11 is 12.3. The fraction of sp³-hybridized carbons (Fsp3) is 0.286. The van der Waals surface area contributed by atoms with Gasteiger partial charge in [-0.05, 0) is 60.7 Å². The number of carbonyl (C=O) groups is 2. The maximum absolute atomic E-state index is 13.7. The molecule has 3 rings (SSSR count). The number of benzene rings is 3. The van der Waals surface area contributed by atoms with E-state index in [2.05, 4.69) is 5.32 Å². The van der Waals surface area contributed by atoms with Crippen LogP contribution in [0.1, 0.15) is 34.7 Å². The Morgan fingerprint density at radius 1 is 0.853 bits per heavy atom. The molecular weight excluding hydrogens is 467 g/mol. The zero-order valence-electron chi connectivity index (χ0n) is 19.8. The number of nitrogens with zero attached hydrogens (tertiary/aromatic N) is 1. The fourth-order valence-electron chi connectivity index (χ4n) is 3.87. The molecule has 0 heterocycles. The highest BCUT2D eigenvalue weighted by Gasteiger charge is 2.30. The first-order valence-electron chi connectivity index (χ1n) is 11.4. The van der Waals surface area contributed by atoms with Crippen LogP contribution in [0.15, 0.2) is 66.7 Å². The predicted octanol–water partition coefficient (Wildman–Crippen LogP) is 5.93. The van der Waals surface area contributed by atoms with Gasteiger partial charge in [-0.1, -0.05) is 77.8 Å². The van der Waals surface area contributed by atoms with Gasteiger partial charge in [0.2, 0.25) is 11.8 Å². The zero-order chi connectivity index (χ0) is 24.7. The third-order valence-corrected chi connectivity index (χ3v) is 6.62. The summed E-state index contributed by atoms with van der Waals surface area (Å²) in [7, 11) is 0. The molecule has 4 nitrogen and oxygen atoms in total. The molecule has 0 bridgehead atoms. The Balaban J connectivity index is 1.98. The lowest BCUT2D eigenvalue weighted by molar-refractivity contribution is -0.140. The minimum atomic E-state index is -0.671. The van der Waals surface area contributed by atoms with Crippen molar-refractivity contribution in [2.45, 2.75) is 46.2 Å². The van der Waals surface area contributed by atoms with E-state index >= 15 is 0 Å². The highest BCUT2D eigenvalue weighted by molar-refractivity contribution is 6.42. The van der Waals surface area contributed by atoms with Crippen molar-refractivity contribution in [2.75, 3.05) is 6.54 Å². The second-order valence-electron chi connectivity index (χ2n) is 8.47. The highest BCUT2D eigenvalue weighted by Crippen LogP contribution is 2.25. The van der Waals surface area contributed by atoms with Gasteiger partial charge in [-0.25, -0.2) is 0 Å². The van der Waals surface area contributed by atoms with Gasteiger partial charge >= 0.3 is 0 Å². The van der Waals surface area contributed by atoms with Crippen molar-refractivity contribution in [3.05, 3.63) is 105 Å². The molecule has 0 radical (unpaired) electrons. The van der Waals surface area contributed by atoms with Crippen molar-refractivity contribution >= 4 is 35.0 Å². The summed E-state index contributed by atoms with van der Waals surface area (Å²) in [6.07, 6.45) is 0.611. The third kappa shape index (κ3) is 6.85. The van der Waals surface area contributed by atoms with E-state index < -0.39 is 6.04 Å². The number of aryl methyl sites for hydroxylation is 2. The molecule has 3 aromatic rings. The molecule has 1 atom stereocenters. The smallest absolute Gasteiger partial charge is 0.243 e. The van der Waals surface area contributed by atoms with Gasteiger partial charge in [0, 0.05) is 19.5 Å². The second kappa shape index (κ2) is 12.0. The van der Waals surface area contributed by atoms with E-state index in [0.29, 0.717) is 23.0 Å². The summed E-state index contributed by atoms with van der Waals surface area (Å²) in [4.78, 5) is 28.6. The first-order chi connectivity index (χ1) is 16.3. The molecule has 2 amide bonds. The lowest BCUT2D eigenvalue weighted by atomic mass is 10.00. The van der Waals surface area contributed by atoms with E-state index in [0.717, 1.165) is 22.3 Å². The summed E-state index contributed by atoms with van der Waals surface area (Å²) in [5, 5.41) is 3.77. The number of hydrogen-bond acceptors (Lipinski definition) is 2. The van der Waals surface area contributed by atoms with Crippen molar-refractivity contribution in [3.63, 3.8) is 0 Å². The molecule has 6 heteroatoms. The standard InChI is InChI=1S/C28H30Cl2N2O2/c1-4-31-28(34)26(16-21-8-6-5-7-9-21)32(18-23-12-13-24(29)25(30)15-23)27(33)17-22-11-10-19(2)20(3)14-22/h5-15,26H,4,16-18H2,1-3H3,(H,31,34)/t26-/m0/s1. The number of likely N-dealkylation sites (N-methyl/N-ethyl adjacent to an activating group) is 1. The van der Waals surface area contributed by atoms with E-state index in [1.54, 1.807) is 17.0 Å². The van der Waals surface area contributed by atoms with Crippen LogP contribution in [0, 0.1) is 13.8 Å². The lowest BCUT2D eigenvalue weighted by Crippen LogP contribution is -2.50. The Hall–Kier alpha value is -2.82. The molecule has 178 valence electrons. The van der Waals surface area contributed by atoms with Crippen LogP contribution in [0.2, 0.25) is 10.0 Å². The monoisotopic (exact) mass is 496 g/mol. The van der Waals surface area contributed by atoms with Gasteiger partial charge in [-0.15, -0.1) is 0 Å². The maximum atomic E-state index is 13.7. The summed E-state index contributed by atoms with van der Waals surface area (Å²) in [6.45, 7) is 6.68. The van der Waals surface area contributed by atoms with Gasteiger partial charge < -0.3 is 10.2 Å². The van der Waals surface area contributed by atoms with E-state index in [1.165, 1.54) is 5.56 Å². The fourth-order valence-corrected chi connectivity index (χ4v) is 4.19. The van der Waals surface area contributed by atoms with Crippen LogP contribution in [0.25, 0.3) is 0 Å². The number of amides is 2. The van der Waals surface area contributed by atoms with E-state index in [-0.39, 0.29) is 24.8 Å². The van der Waals surface area contributed by atoms with Crippen molar-refractivity contribution < 1.29 is 9.59 Å². The van der Waals surface area contributed by atoms with Gasteiger partial charge in [0.05, 0.1) is 16.5 Å². The molecule has 34 heavy (non-hydrogen) atoms. The summed E-state index contributed by atoms with van der Waals surface area (Å²) in [5.41, 5.74) is 5.02. The summed E-state index contributed by atoms with van der Waals surface area (Å²) in [5.74, 6) is -0.304. The molecule has 0 fully saturated rings. The average molecular weight is 497 g/mol. The van der Waals surface area contributed by atoms with E-state index in [9.17, 15) is 9.59 Å². The molecule has 0 aliphatic heterocycles. The predicted molar refractivity (Wildman–Crippen MR) is 139 cm³/mol. The topological polar surface area (TPSA) is 49.4 Å². The number of hydrogen-bond donors (Lipinski definition) is 1. The quantitative estimate of drug-likeness (QED) is 0.399. The van der Waals surface area contributed by atoms with Crippen LogP contribution >= 0.6 is 23.2 Å². The normalized spacial score (nSPS) is 11.7. The first-order valence-corrected chi connectivity index (χ1v) is 12.1. The van der Waals surface area contributed by atoms with Gasteiger partial charge in [0.25, 0.3) is 0 Å². The Morgan fingerprint density at radius 3 is 2.21 bits per heavy atom. The molecule has 0 aliphatic carbocycles. The number of nitrogens with one attached hydrogen (secondary N) is 1. The first kappa shape index (κ1) is 25.8. The molecule has 0 unspecified atom stereocenters. The molecule has 0 aliphatic rings. The van der Waals surface area contributed by atoms with Crippen molar-refractivity contribution in [2.24, 2.45) is 0 Å². The minimum Gasteiger partial charge on any atom is -0.355 e. The Bertz CT molecular complexity index is 1150. The van der Waals surface area contributed by atoms with Crippen LogP contribution in [-0.4, -0.2) is 29.3 Å². The van der Waals surface area contributed by atoms with E-state index in [1.807, 2.05) is 75.4 Å². The summed E-state index contributed by atoms with van der Waals surface area (Å²) in [6, 6.07) is 20.4. The molecular formula is C28H30Cl2N2O2. The highest BCUT2D eigenvalue weighted by atomic mass is 35.5. The van der Waals surface area contributed by atoms with Gasteiger partial charge in [0.1, 0.15) is 6.04 Å². The lowest BCUT2D eigenvalue weighted by Gasteiger charge is -2.31. The molecule has 0 saturated carbocycles. The van der Waals surface area contributed by atoms with Crippen molar-refractivity contribution in [1.82, 2.24) is 10.2 Å². The average Bonchev–Trinajstić information content (AvgIpc) is 2.81. The largest absolute Gasteiger partial charge is 0.355 e.